The van der Waals surface area contributed by atoms with Crippen molar-refractivity contribution in [1.29, 1.82) is 0 Å². The summed E-state index contributed by atoms with van der Waals surface area (Å²) in [6, 6.07) is 14.6. The highest BCUT2D eigenvalue weighted by Gasteiger charge is 2.25. The maximum atomic E-state index is 13.4. The Kier molecular flexibility index (Phi) is 6.14. The zero-order valence-corrected chi connectivity index (χ0v) is 16.3. The molecular formula is C23H22N4O2. The molecule has 0 saturated heterocycles. The van der Waals surface area contributed by atoms with Crippen LogP contribution in [0.5, 0.6) is 0 Å². The zero-order valence-electron chi connectivity index (χ0n) is 16.3. The second-order valence-corrected chi connectivity index (χ2v) is 6.81. The number of carbonyl (C=O) groups excluding carboxylic acids is 2. The molecule has 0 fully saturated rings. The van der Waals surface area contributed by atoms with Crippen LogP contribution in [-0.4, -0.2) is 21.8 Å². The highest BCUT2D eigenvalue weighted by Crippen LogP contribution is 2.26. The second kappa shape index (κ2) is 8.93. The summed E-state index contributed by atoms with van der Waals surface area (Å²) in [6.45, 7) is 4.20. The van der Waals surface area contributed by atoms with E-state index < -0.39 is 11.8 Å². The summed E-state index contributed by atoms with van der Waals surface area (Å²) in [7, 11) is 0. The summed E-state index contributed by atoms with van der Waals surface area (Å²) in [5, 5.41) is 0. The predicted molar refractivity (Wildman–Crippen MR) is 113 cm³/mol. The largest absolute Gasteiger partial charge is 0.365 e. The number of amides is 2. The van der Waals surface area contributed by atoms with Gasteiger partial charge in [-0.15, -0.1) is 0 Å². The van der Waals surface area contributed by atoms with Crippen LogP contribution in [-0.2, 0) is 9.59 Å². The Hall–Kier alpha value is -3.80. The lowest BCUT2D eigenvalue weighted by molar-refractivity contribution is -0.120. The number of carbonyl (C=O) groups is 2. The van der Waals surface area contributed by atoms with Crippen LogP contribution in [0.3, 0.4) is 0 Å². The van der Waals surface area contributed by atoms with Gasteiger partial charge in [0.15, 0.2) is 0 Å². The topological polar surface area (TPSA) is 89.2 Å². The molecule has 0 aliphatic heterocycles. The minimum Gasteiger partial charge on any atom is -0.365 e. The van der Waals surface area contributed by atoms with Gasteiger partial charge >= 0.3 is 0 Å². The molecule has 3 rings (SSSR count). The molecule has 3 aromatic rings. The number of hydrogen-bond donors (Lipinski definition) is 1. The maximum Gasteiger partial charge on any atom is 0.268 e. The number of aromatic nitrogens is 2. The third kappa shape index (κ3) is 4.73. The number of benzene rings is 1. The van der Waals surface area contributed by atoms with E-state index in [1.807, 2.05) is 24.3 Å². The number of anilines is 2. The van der Waals surface area contributed by atoms with Crippen LogP contribution in [0.2, 0.25) is 0 Å². The van der Waals surface area contributed by atoms with E-state index in [0.29, 0.717) is 22.9 Å². The number of nitrogens with two attached hydrogens (primary N) is 1. The number of hydrogen-bond acceptors (Lipinski definition) is 4. The smallest absolute Gasteiger partial charge is 0.268 e. The molecule has 6 nitrogen and oxygen atoms in total. The summed E-state index contributed by atoms with van der Waals surface area (Å²) in [5.41, 5.74) is 8.34. The van der Waals surface area contributed by atoms with Gasteiger partial charge in [-0.3, -0.25) is 24.5 Å². The predicted octanol–water partition coefficient (Wildman–Crippen LogP) is 3.83. The molecule has 0 saturated carbocycles. The van der Waals surface area contributed by atoms with Crippen LogP contribution in [0.1, 0.15) is 30.9 Å². The van der Waals surface area contributed by atoms with Crippen molar-refractivity contribution in [2.75, 3.05) is 4.90 Å². The average molecular weight is 386 g/mol. The Labute approximate surface area is 169 Å². The molecule has 0 atom stereocenters. The van der Waals surface area contributed by atoms with E-state index in [9.17, 15) is 9.59 Å². The molecule has 0 unspecified atom stereocenters. The number of pyridine rings is 2. The van der Waals surface area contributed by atoms with Gasteiger partial charge in [0.2, 0.25) is 0 Å². The third-order valence-electron chi connectivity index (χ3n) is 4.42. The molecule has 2 N–H and O–H groups in total. The summed E-state index contributed by atoms with van der Waals surface area (Å²) in [4.78, 5) is 35.1. The van der Waals surface area contributed by atoms with Gasteiger partial charge in [-0.1, -0.05) is 38.1 Å². The Balaban J connectivity index is 2.04. The first-order chi connectivity index (χ1) is 14.0. The van der Waals surface area contributed by atoms with E-state index >= 15 is 0 Å². The van der Waals surface area contributed by atoms with Gasteiger partial charge in [0.25, 0.3) is 11.8 Å². The van der Waals surface area contributed by atoms with E-state index in [4.69, 9.17) is 5.73 Å². The fraction of sp³-hybridized carbons (Fsp3) is 0.130. The van der Waals surface area contributed by atoms with Gasteiger partial charge in [-0.05, 0) is 47.4 Å². The van der Waals surface area contributed by atoms with Gasteiger partial charge in [-0.2, -0.15) is 0 Å². The third-order valence-corrected chi connectivity index (χ3v) is 4.42. The molecule has 0 aliphatic rings. The van der Waals surface area contributed by atoms with Crippen molar-refractivity contribution in [2.45, 2.75) is 19.8 Å². The summed E-state index contributed by atoms with van der Waals surface area (Å²) >= 11 is 0. The first-order valence-electron chi connectivity index (χ1n) is 9.23. The Morgan fingerprint density at radius 1 is 0.931 bits per heavy atom. The quantitative estimate of drug-likeness (QED) is 0.396. The van der Waals surface area contributed by atoms with E-state index in [0.717, 1.165) is 0 Å². The van der Waals surface area contributed by atoms with Crippen molar-refractivity contribution in [3.63, 3.8) is 0 Å². The highest BCUT2D eigenvalue weighted by atomic mass is 16.2. The van der Waals surface area contributed by atoms with Crippen LogP contribution < -0.4 is 10.6 Å². The summed E-state index contributed by atoms with van der Waals surface area (Å²) in [6.07, 6.45) is 7.81. The van der Waals surface area contributed by atoms with E-state index in [1.165, 1.54) is 16.5 Å². The monoisotopic (exact) mass is 386 g/mol. The minimum absolute atomic E-state index is 0.130. The SMILES string of the molecule is CC(C)c1ccc(C=C(C(N)=O)C(=O)N(c2cccnc2)c2cccnc2)cc1. The molecule has 2 amide bonds. The number of nitrogens with zero attached hydrogens (tertiary/aromatic N) is 3. The number of rotatable bonds is 6. The molecule has 6 heteroatoms. The normalized spacial score (nSPS) is 11.3. The van der Waals surface area contributed by atoms with Gasteiger partial charge in [0.05, 0.1) is 23.8 Å². The molecule has 0 aliphatic carbocycles. The molecule has 0 bridgehead atoms. The standard InChI is InChI=1S/C23H22N4O2/c1-16(2)18-9-7-17(8-10-18)13-21(22(24)28)23(29)27(19-5-3-11-25-14-19)20-6-4-12-26-15-20/h3-16H,1-2H3,(H2,24,28). The van der Waals surface area contributed by atoms with Crippen LogP contribution in [0.15, 0.2) is 78.9 Å². The van der Waals surface area contributed by atoms with E-state index in [-0.39, 0.29) is 5.57 Å². The first-order valence-corrected chi connectivity index (χ1v) is 9.23. The van der Waals surface area contributed by atoms with Gasteiger partial charge in [-0.25, -0.2) is 0 Å². The van der Waals surface area contributed by atoms with Crippen molar-refractivity contribution < 1.29 is 9.59 Å². The highest BCUT2D eigenvalue weighted by molar-refractivity contribution is 6.27. The lowest BCUT2D eigenvalue weighted by atomic mass is 10.0. The second-order valence-electron chi connectivity index (χ2n) is 6.81. The fourth-order valence-electron chi connectivity index (χ4n) is 2.86. The van der Waals surface area contributed by atoms with Crippen LogP contribution in [0.25, 0.3) is 6.08 Å². The minimum atomic E-state index is -0.805. The van der Waals surface area contributed by atoms with Crippen molar-refractivity contribution >= 4 is 29.3 Å². The Morgan fingerprint density at radius 3 is 1.90 bits per heavy atom. The molecule has 2 heterocycles. The van der Waals surface area contributed by atoms with Crippen molar-refractivity contribution in [3.05, 3.63) is 90.0 Å². The van der Waals surface area contributed by atoms with Gasteiger partial charge in [0, 0.05) is 12.4 Å². The first kappa shape index (κ1) is 19.9. The van der Waals surface area contributed by atoms with Crippen molar-refractivity contribution in [1.82, 2.24) is 9.97 Å². The van der Waals surface area contributed by atoms with Crippen LogP contribution in [0, 0.1) is 0 Å². The van der Waals surface area contributed by atoms with Crippen molar-refractivity contribution in [2.24, 2.45) is 5.73 Å². The molecular weight excluding hydrogens is 364 g/mol. The Morgan fingerprint density at radius 2 is 1.48 bits per heavy atom. The van der Waals surface area contributed by atoms with E-state index in [2.05, 4.69) is 23.8 Å². The molecule has 1 aromatic carbocycles. The van der Waals surface area contributed by atoms with Crippen LogP contribution in [0.4, 0.5) is 11.4 Å². The Bertz CT molecular complexity index is 974. The maximum absolute atomic E-state index is 13.4. The van der Waals surface area contributed by atoms with Gasteiger partial charge in [0.1, 0.15) is 5.57 Å². The van der Waals surface area contributed by atoms with Crippen molar-refractivity contribution in [3.8, 4) is 0 Å². The van der Waals surface area contributed by atoms with Gasteiger partial charge < -0.3 is 5.73 Å². The molecule has 146 valence electrons. The van der Waals surface area contributed by atoms with E-state index in [1.54, 1.807) is 49.1 Å². The lowest BCUT2D eigenvalue weighted by Gasteiger charge is -2.22. The summed E-state index contributed by atoms with van der Waals surface area (Å²) in [5.74, 6) is -0.968. The van der Waals surface area contributed by atoms with Crippen LogP contribution >= 0.6 is 0 Å². The lowest BCUT2D eigenvalue weighted by Crippen LogP contribution is -2.33. The molecule has 2 aromatic heterocycles. The molecule has 29 heavy (non-hydrogen) atoms. The summed E-state index contributed by atoms with van der Waals surface area (Å²) < 4.78 is 0. The zero-order chi connectivity index (χ0) is 20.8. The fourth-order valence-corrected chi connectivity index (χ4v) is 2.86. The molecule has 0 radical (unpaired) electrons. The number of primary amides is 1. The molecule has 0 spiro atoms. The average Bonchev–Trinajstić information content (AvgIpc) is 2.74.